The molecule has 170 valence electrons. The predicted molar refractivity (Wildman–Crippen MR) is 124 cm³/mol. The highest BCUT2D eigenvalue weighted by molar-refractivity contribution is 5.73. The van der Waals surface area contributed by atoms with Gasteiger partial charge in [-0.1, -0.05) is 6.92 Å². The van der Waals surface area contributed by atoms with E-state index in [1.807, 2.05) is 23.8 Å². The van der Waals surface area contributed by atoms with Crippen molar-refractivity contribution < 1.29 is 1.37 Å². The normalized spacial score (nSPS) is 33.2. The minimum absolute atomic E-state index is 0.0321. The molecule has 0 radical (unpaired) electrons. The van der Waals surface area contributed by atoms with Crippen molar-refractivity contribution in [3.8, 4) is 0 Å². The van der Waals surface area contributed by atoms with E-state index in [1.165, 1.54) is 6.33 Å². The topological polar surface area (TPSA) is 94.9 Å². The van der Waals surface area contributed by atoms with E-state index in [2.05, 4.69) is 27.3 Å². The third kappa shape index (κ3) is 2.62. The molecule has 8 rings (SSSR count). The fraction of sp³-hybridized carbons (Fsp3) is 0.542. The molecule has 0 amide bonds. The Morgan fingerprint density at radius 1 is 1.21 bits per heavy atom. The molecule has 4 heterocycles. The van der Waals surface area contributed by atoms with Gasteiger partial charge in [0.1, 0.15) is 11.8 Å². The minimum Gasteiger partial charge on any atom is -0.323 e. The maximum atomic E-state index is 13.6. The van der Waals surface area contributed by atoms with Crippen molar-refractivity contribution in [2.45, 2.75) is 51.5 Å². The predicted octanol–water partition coefficient (Wildman–Crippen LogP) is 3.40. The molecular weight excluding hydrogens is 416 g/mol. The average Bonchev–Trinajstić information content (AvgIpc) is 3.34. The van der Waals surface area contributed by atoms with Crippen molar-refractivity contribution >= 4 is 28.4 Å². The second-order valence-corrected chi connectivity index (χ2v) is 10.4. The van der Waals surface area contributed by atoms with Crippen LogP contribution in [0.25, 0.3) is 16.8 Å². The maximum absolute atomic E-state index is 13.6. The van der Waals surface area contributed by atoms with Crippen LogP contribution < -0.4 is 11.0 Å². The SMILES string of the molecule is [2H]C1(C)C2CC3CC1CC(n1c(=O)n(C)c4cnc(Nc5cn6ncnc6cc5C)nc41)(C3)C2. The molecule has 33 heavy (non-hydrogen) atoms. The molecule has 9 nitrogen and oxygen atoms in total. The molecule has 4 aliphatic carbocycles. The van der Waals surface area contributed by atoms with Gasteiger partial charge >= 0.3 is 5.69 Å². The Kier molecular flexibility index (Phi) is 3.55. The van der Waals surface area contributed by atoms with Crippen molar-refractivity contribution in [3.63, 3.8) is 0 Å². The van der Waals surface area contributed by atoms with Crippen molar-refractivity contribution in [2.75, 3.05) is 5.32 Å². The lowest BCUT2D eigenvalue weighted by Gasteiger charge is -2.59. The van der Waals surface area contributed by atoms with Crippen LogP contribution in [0.2, 0.25) is 0 Å². The summed E-state index contributed by atoms with van der Waals surface area (Å²) in [5.41, 5.74) is 3.75. The molecule has 4 aliphatic rings. The van der Waals surface area contributed by atoms with Crippen LogP contribution in [0, 0.1) is 30.6 Å². The van der Waals surface area contributed by atoms with Crippen LogP contribution in [0.1, 0.15) is 46.0 Å². The summed E-state index contributed by atoms with van der Waals surface area (Å²) in [5, 5.41) is 7.54. The lowest BCUT2D eigenvalue weighted by atomic mass is 9.49. The van der Waals surface area contributed by atoms with E-state index >= 15 is 0 Å². The standard InChI is InChI=1S/C24H28N8O/c1-13-4-20-26-12-27-31(20)11-18(13)28-22-25-10-19-21(29-22)32(23(33)30(19)3)24-7-15-5-16(8-24)14(2)17(6-15)9-24/h4,10-12,14-17H,5-9H2,1-3H3,(H,25,28,29)/i14D. The largest absolute Gasteiger partial charge is 0.330 e. The number of hydrogen-bond acceptors (Lipinski definition) is 6. The summed E-state index contributed by atoms with van der Waals surface area (Å²) in [6, 6.07) is 1.96. The zero-order chi connectivity index (χ0) is 23.4. The second-order valence-electron chi connectivity index (χ2n) is 10.4. The summed E-state index contributed by atoms with van der Waals surface area (Å²) in [6.07, 6.45) is 10.1. The Bertz CT molecular complexity index is 1510. The van der Waals surface area contributed by atoms with Crippen LogP contribution in [0.4, 0.5) is 11.6 Å². The quantitative estimate of drug-likeness (QED) is 0.519. The van der Waals surface area contributed by atoms with Crippen molar-refractivity contribution in [1.29, 1.82) is 0 Å². The number of nitrogens with one attached hydrogen (secondary N) is 1. The Balaban J connectivity index is 1.35. The highest BCUT2D eigenvalue weighted by Crippen LogP contribution is 2.61. The molecule has 4 saturated carbocycles. The first-order valence-corrected chi connectivity index (χ1v) is 11.8. The molecule has 4 aromatic heterocycles. The van der Waals surface area contributed by atoms with Gasteiger partial charge in [0.05, 0.1) is 23.6 Å². The van der Waals surface area contributed by atoms with Crippen LogP contribution >= 0.6 is 0 Å². The molecule has 2 unspecified atom stereocenters. The Hall–Kier alpha value is -3.23. The van der Waals surface area contributed by atoms with E-state index in [-0.39, 0.29) is 11.2 Å². The average molecular weight is 446 g/mol. The molecule has 4 bridgehead atoms. The number of fused-ring (bicyclic) bond motifs is 2. The highest BCUT2D eigenvalue weighted by atomic mass is 16.2. The van der Waals surface area contributed by atoms with Crippen LogP contribution in [0.5, 0.6) is 0 Å². The number of rotatable bonds is 3. The molecule has 9 heteroatoms. The minimum atomic E-state index is -0.395. The van der Waals surface area contributed by atoms with Gasteiger partial charge < -0.3 is 5.32 Å². The molecule has 0 aliphatic heterocycles. The Labute approximate surface area is 192 Å². The number of anilines is 2. The number of aromatic nitrogens is 7. The van der Waals surface area contributed by atoms with Crippen molar-refractivity contribution in [3.05, 3.63) is 40.8 Å². The summed E-state index contributed by atoms with van der Waals surface area (Å²) in [5.74, 6) is 1.31. The van der Waals surface area contributed by atoms with Crippen LogP contribution in [-0.4, -0.2) is 33.7 Å². The van der Waals surface area contributed by atoms with Crippen LogP contribution in [0.3, 0.4) is 0 Å². The fourth-order valence-electron chi connectivity index (χ4n) is 7.05. The summed E-state index contributed by atoms with van der Waals surface area (Å²) in [7, 11) is 1.80. The summed E-state index contributed by atoms with van der Waals surface area (Å²) < 4.78 is 14.3. The van der Waals surface area contributed by atoms with Gasteiger partial charge in [-0.2, -0.15) is 10.1 Å². The lowest BCUT2D eigenvalue weighted by molar-refractivity contribution is -0.0801. The van der Waals surface area contributed by atoms with Gasteiger partial charge in [0.15, 0.2) is 11.3 Å². The lowest BCUT2D eigenvalue weighted by Crippen LogP contribution is -2.57. The Morgan fingerprint density at radius 2 is 2.00 bits per heavy atom. The molecule has 0 spiro atoms. The summed E-state index contributed by atoms with van der Waals surface area (Å²) in [4.78, 5) is 27.2. The summed E-state index contributed by atoms with van der Waals surface area (Å²) in [6.45, 7) is 4.11. The summed E-state index contributed by atoms with van der Waals surface area (Å²) >= 11 is 0. The van der Waals surface area contributed by atoms with Gasteiger partial charge in [0.2, 0.25) is 5.95 Å². The fourth-order valence-corrected chi connectivity index (χ4v) is 7.05. The van der Waals surface area contributed by atoms with Gasteiger partial charge in [0, 0.05) is 8.42 Å². The molecule has 0 saturated heterocycles. The number of hydrogen-bond donors (Lipinski definition) is 1. The number of imidazole rings is 1. The van der Waals surface area contributed by atoms with E-state index in [1.54, 1.807) is 22.3 Å². The van der Waals surface area contributed by atoms with E-state index in [4.69, 9.17) is 6.35 Å². The smallest absolute Gasteiger partial charge is 0.323 e. The first-order chi connectivity index (χ1) is 16.2. The molecular formula is C24H28N8O. The number of nitrogens with zero attached hydrogens (tertiary/aromatic N) is 7. The second kappa shape index (κ2) is 6.42. The van der Waals surface area contributed by atoms with Gasteiger partial charge in [-0.15, -0.1) is 0 Å². The molecule has 1 N–H and O–H groups in total. The van der Waals surface area contributed by atoms with Crippen molar-refractivity contribution in [2.24, 2.45) is 30.7 Å². The molecule has 2 atom stereocenters. The first kappa shape index (κ1) is 18.2. The molecule has 0 aromatic carbocycles. The molecule has 4 fully saturated rings. The maximum Gasteiger partial charge on any atom is 0.330 e. The Morgan fingerprint density at radius 3 is 2.79 bits per heavy atom. The van der Waals surface area contributed by atoms with E-state index < -0.39 is 5.89 Å². The molecule has 4 aromatic rings. The highest BCUT2D eigenvalue weighted by Gasteiger charge is 2.56. The van der Waals surface area contributed by atoms with Gasteiger partial charge in [-0.25, -0.2) is 19.3 Å². The van der Waals surface area contributed by atoms with Crippen LogP contribution in [0.15, 0.2) is 29.6 Å². The number of pyridine rings is 1. The first-order valence-electron chi connectivity index (χ1n) is 12.3. The monoisotopic (exact) mass is 445 g/mol. The zero-order valence-corrected chi connectivity index (χ0v) is 19.1. The van der Waals surface area contributed by atoms with Gasteiger partial charge in [0.25, 0.3) is 0 Å². The van der Waals surface area contributed by atoms with E-state index in [0.29, 0.717) is 29.3 Å². The van der Waals surface area contributed by atoms with Gasteiger partial charge in [-0.05, 0) is 74.3 Å². The van der Waals surface area contributed by atoms with Crippen LogP contribution in [-0.2, 0) is 12.6 Å². The van der Waals surface area contributed by atoms with Gasteiger partial charge in [-0.3, -0.25) is 9.13 Å². The third-order valence-corrected chi connectivity index (χ3v) is 8.59. The van der Waals surface area contributed by atoms with Crippen molar-refractivity contribution in [1.82, 2.24) is 33.7 Å². The van der Waals surface area contributed by atoms with E-state index in [0.717, 1.165) is 54.5 Å². The number of aryl methyl sites for hydroxylation is 2. The zero-order valence-electron chi connectivity index (χ0n) is 20.1. The van der Waals surface area contributed by atoms with E-state index in [9.17, 15) is 4.79 Å². The third-order valence-electron chi connectivity index (χ3n) is 8.59.